The predicted octanol–water partition coefficient (Wildman–Crippen LogP) is 3.00. The predicted molar refractivity (Wildman–Crippen MR) is 108 cm³/mol. The highest BCUT2D eigenvalue weighted by atomic mass is 127. The molecule has 0 saturated carbocycles. The van der Waals surface area contributed by atoms with Crippen molar-refractivity contribution < 1.29 is 14.2 Å². The monoisotopic (exact) mass is 448 g/mol. The summed E-state index contributed by atoms with van der Waals surface area (Å²) >= 11 is 2.24. The van der Waals surface area contributed by atoms with E-state index >= 15 is 0 Å². The summed E-state index contributed by atoms with van der Waals surface area (Å²) < 4.78 is 10.7. The highest BCUT2D eigenvalue weighted by Crippen LogP contribution is 2.20. The summed E-state index contributed by atoms with van der Waals surface area (Å²) in [6.07, 6.45) is 1.55. The van der Waals surface area contributed by atoms with Crippen LogP contribution < -0.4 is 9.64 Å². The van der Waals surface area contributed by atoms with E-state index in [1.54, 1.807) is 31.2 Å². The third kappa shape index (κ3) is 5.49. The number of rotatable bonds is 7. The number of hydrogen-bond donors (Lipinski definition) is 0. The normalized spacial score (nSPS) is 12.0. The molecule has 2 radical (unpaired) electrons. The Labute approximate surface area is 162 Å². The van der Waals surface area contributed by atoms with E-state index in [4.69, 9.17) is 12.8 Å². The molecular formula is C18H18BIN2O3. The second kappa shape index (κ2) is 9.46. The van der Waals surface area contributed by atoms with Crippen molar-refractivity contribution in [2.45, 2.75) is 12.5 Å². The number of benzene rings is 2. The first-order valence-electron chi connectivity index (χ1n) is 7.58. The van der Waals surface area contributed by atoms with Crippen LogP contribution in [-0.2, 0) is 15.9 Å². The molecule has 5 nitrogen and oxygen atoms in total. The molecule has 128 valence electrons. The molecular weight excluding hydrogens is 430 g/mol. The molecule has 1 amide bonds. The molecule has 2 aromatic carbocycles. The van der Waals surface area contributed by atoms with Crippen LogP contribution in [0.1, 0.15) is 5.56 Å². The molecule has 2 aromatic rings. The number of nitrogens with zero attached hydrogens (tertiary/aromatic N) is 2. The fourth-order valence-electron chi connectivity index (χ4n) is 2.36. The molecule has 1 atom stereocenters. The van der Waals surface area contributed by atoms with Crippen molar-refractivity contribution in [2.24, 2.45) is 4.99 Å². The fourth-order valence-corrected chi connectivity index (χ4v) is 2.96. The Morgan fingerprint density at radius 3 is 2.64 bits per heavy atom. The number of hydrogen-bond acceptors (Lipinski definition) is 4. The quantitative estimate of drug-likeness (QED) is 0.284. The summed E-state index contributed by atoms with van der Waals surface area (Å²) in [7, 11) is 8.34. The van der Waals surface area contributed by atoms with Gasteiger partial charge in [-0.25, -0.2) is 4.99 Å². The van der Waals surface area contributed by atoms with Crippen molar-refractivity contribution in [3.05, 3.63) is 57.7 Å². The summed E-state index contributed by atoms with van der Waals surface area (Å²) in [5, 5.41) is 0. The minimum absolute atomic E-state index is 0.155. The van der Waals surface area contributed by atoms with Crippen LogP contribution in [0.5, 0.6) is 5.75 Å². The molecule has 0 aliphatic rings. The number of carbonyl (C=O) groups excluding carboxylic acids is 1. The van der Waals surface area contributed by atoms with Crippen molar-refractivity contribution >= 4 is 48.6 Å². The van der Waals surface area contributed by atoms with Gasteiger partial charge in [0.25, 0.3) is 5.91 Å². The molecule has 0 bridgehead atoms. The standard InChI is InChI=1S/C18H18BIN2O3/c1-22(15-6-8-16(24-2)9-7-15)18(23)17(21-12-25-19)11-13-4-3-5-14(20)10-13/h3-10,12,17H,11H2,1-2H3/t17-/m0/s1. The third-order valence-corrected chi connectivity index (χ3v) is 4.37. The number of halogens is 1. The summed E-state index contributed by atoms with van der Waals surface area (Å²) in [4.78, 5) is 18.6. The van der Waals surface area contributed by atoms with Crippen molar-refractivity contribution in [2.75, 3.05) is 19.1 Å². The number of aliphatic imine (C=N–C) groups is 1. The molecule has 25 heavy (non-hydrogen) atoms. The number of amides is 1. The van der Waals surface area contributed by atoms with Gasteiger partial charge in [-0.05, 0) is 64.6 Å². The van der Waals surface area contributed by atoms with Crippen molar-refractivity contribution in [3.8, 4) is 5.75 Å². The van der Waals surface area contributed by atoms with E-state index in [-0.39, 0.29) is 5.91 Å². The van der Waals surface area contributed by atoms with E-state index in [1.165, 1.54) is 0 Å². The van der Waals surface area contributed by atoms with E-state index in [1.807, 2.05) is 36.4 Å². The summed E-state index contributed by atoms with van der Waals surface area (Å²) in [6, 6.07) is 14.6. The molecule has 0 saturated heterocycles. The average molecular weight is 448 g/mol. The molecule has 0 spiro atoms. The zero-order valence-corrected chi connectivity index (χ0v) is 16.2. The van der Waals surface area contributed by atoms with E-state index in [2.05, 4.69) is 32.2 Å². The van der Waals surface area contributed by atoms with Gasteiger partial charge in [0.15, 0.2) is 6.40 Å². The van der Waals surface area contributed by atoms with Gasteiger partial charge < -0.3 is 14.3 Å². The molecule has 0 unspecified atom stereocenters. The average Bonchev–Trinajstić information content (AvgIpc) is 2.64. The lowest BCUT2D eigenvalue weighted by molar-refractivity contribution is -0.119. The van der Waals surface area contributed by atoms with Crippen LogP contribution in [0.4, 0.5) is 5.69 Å². The van der Waals surface area contributed by atoms with Gasteiger partial charge in [-0.3, -0.25) is 4.79 Å². The van der Waals surface area contributed by atoms with Crippen LogP contribution in [0.2, 0.25) is 0 Å². The second-order valence-electron chi connectivity index (χ2n) is 5.34. The highest BCUT2D eigenvalue weighted by molar-refractivity contribution is 14.1. The number of anilines is 1. The Bertz CT molecular complexity index is 737. The zero-order chi connectivity index (χ0) is 18.2. The minimum Gasteiger partial charge on any atom is -0.560 e. The maximum atomic E-state index is 12.9. The molecule has 0 heterocycles. The summed E-state index contributed by atoms with van der Waals surface area (Å²) in [5.41, 5.74) is 1.77. The van der Waals surface area contributed by atoms with Gasteiger partial charge in [0.05, 0.1) is 7.11 Å². The lowest BCUT2D eigenvalue weighted by Crippen LogP contribution is -2.37. The van der Waals surface area contributed by atoms with Crippen LogP contribution in [0.3, 0.4) is 0 Å². The Kier molecular flexibility index (Phi) is 7.30. The van der Waals surface area contributed by atoms with Crippen LogP contribution in [-0.4, -0.2) is 40.6 Å². The Morgan fingerprint density at radius 2 is 2.04 bits per heavy atom. The third-order valence-electron chi connectivity index (χ3n) is 3.70. The second-order valence-corrected chi connectivity index (χ2v) is 6.58. The van der Waals surface area contributed by atoms with Crippen LogP contribution >= 0.6 is 22.6 Å². The Balaban J connectivity index is 2.20. The van der Waals surface area contributed by atoms with Crippen LogP contribution in [0, 0.1) is 3.57 Å². The van der Waals surface area contributed by atoms with E-state index in [0.29, 0.717) is 6.42 Å². The highest BCUT2D eigenvalue weighted by Gasteiger charge is 2.23. The number of methoxy groups -OCH3 is 1. The first-order chi connectivity index (χ1) is 12.0. The molecule has 7 heteroatoms. The van der Waals surface area contributed by atoms with Gasteiger partial charge in [0.1, 0.15) is 11.8 Å². The maximum Gasteiger partial charge on any atom is 0.375 e. The van der Waals surface area contributed by atoms with Crippen molar-refractivity contribution in [1.29, 1.82) is 0 Å². The number of carbonyl (C=O) groups is 1. The lowest BCUT2D eigenvalue weighted by Gasteiger charge is -2.22. The van der Waals surface area contributed by atoms with E-state index in [0.717, 1.165) is 27.0 Å². The Hall–Kier alpha value is -2.03. The van der Waals surface area contributed by atoms with Gasteiger partial charge in [0.2, 0.25) is 0 Å². The van der Waals surface area contributed by atoms with Gasteiger partial charge in [-0.2, -0.15) is 0 Å². The largest absolute Gasteiger partial charge is 0.560 e. The molecule has 0 fully saturated rings. The lowest BCUT2D eigenvalue weighted by atomic mass is 10.1. The maximum absolute atomic E-state index is 12.9. The first kappa shape index (κ1) is 19.3. The van der Waals surface area contributed by atoms with Crippen molar-refractivity contribution in [3.63, 3.8) is 0 Å². The minimum atomic E-state index is -0.631. The number of ether oxygens (including phenoxy) is 1. The SMILES string of the molecule is [B]OC=N[C@@H](Cc1cccc(I)c1)C(=O)N(C)c1ccc(OC)cc1. The Morgan fingerprint density at radius 1 is 1.32 bits per heavy atom. The van der Waals surface area contributed by atoms with Gasteiger partial charge in [0, 0.05) is 22.7 Å². The topological polar surface area (TPSA) is 51.1 Å². The van der Waals surface area contributed by atoms with Crippen LogP contribution in [0.15, 0.2) is 53.5 Å². The molecule has 0 aliphatic carbocycles. The molecule has 0 aromatic heterocycles. The van der Waals surface area contributed by atoms with Gasteiger partial charge in [-0.1, -0.05) is 12.1 Å². The molecule has 0 aliphatic heterocycles. The molecule has 0 N–H and O–H groups in total. The van der Waals surface area contributed by atoms with E-state index in [9.17, 15) is 4.79 Å². The number of likely N-dealkylation sites (N-methyl/N-ethyl adjacent to an activating group) is 1. The molecule has 2 rings (SSSR count). The smallest absolute Gasteiger partial charge is 0.375 e. The zero-order valence-electron chi connectivity index (χ0n) is 14.1. The first-order valence-corrected chi connectivity index (χ1v) is 8.66. The van der Waals surface area contributed by atoms with Gasteiger partial charge in [-0.15, -0.1) is 0 Å². The van der Waals surface area contributed by atoms with Crippen molar-refractivity contribution in [1.82, 2.24) is 0 Å². The fraction of sp³-hybridized carbons (Fsp3) is 0.222. The van der Waals surface area contributed by atoms with Gasteiger partial charge >= 0.3 is 8.05 Å². The van der Waals surface area contributed by atoms with E-state index < -0.39 is 6.04 Å². The van der Waals surface area contributed by atoms with Crippen LogP contribution in [0.25, 0.3) is 0 Å². The summed E-state index contributed by atoms with van der Waals surface area (Å²) in [6.45, 7) is 0. The summed E-state index contributed by atoms with van der Waals surface area (Å²) in [5.74, 6) is 0.576.